The number of rotatable bonds is 2. The quantitative estimate of drug-likeness (QED) is 0.260. The van der Waals surface area contributed by atoms with Gasteiger partial charge in [-0.05, 0) is 88.0 Å². The molecule has 0 fully saturated rings. The Kier molecular flexibility index (Phi) is 4.22. The minimum absolute atomic E-state index is 0.362. The van der Waals surface area contributed by atoms with Gasteiger partial charge < -0.3 is 9.88 Å². The summed E-state index contributed by atoms with van der Waals surface area (Å²) in [6.07, 6.45) is 9.61. The van der Waals surface area contributed by atoms with E-state index in [1.54, 1.807) is 0 Å². The van der Waals surface area contributed by atoms with Gasteiger partial charge in [0, 0.05) is 40.7 Å². The molecule has 3 heteroatoms. The van der Waals surface area contributed by atoms with Gasteiger partial charge in [0.25, 0.3) is 0 Å². The summed E-state index contributed by atoms with van der Waals surface area (Å²) in [5, 5.41) is 5.84. The van der Waals surface area contributed by atoms with Crippen molar-refractivity contribution in [3.05, 3.63) is 143 Å². The first-order valence-corrected chi connectivity index (χ1v) is 13.7. The average molecular weight is 500 g/mol. The second-order valence-corrected chi connectivity index (χ2v) is 10.8. The van der Waals surface area contributed by atoms with Crippen LogP contribution in [0.3, 0.4) is 0 Å². The third-order valence-electron chi connectivity index (χ3n) is 8.83. The van der Waals surface area contributed by atoms with Gasteiger partial charge in [-0.3, -0.25) is 4.98 Å². The fourth-order valence-corrected chi connectivity index (χ4v) is 7.09. The zero-order valence-corrected chi connectivity index (χ0v) is 21.4. The number of nitrogens with one attached hydrogen (secondary N) is 1. The van der Waals surface area contributed by atoms with Crippen LogP contribution >= 0.6 is 0 Å². The molecule has 39 heavy (non-hydrogen) atoms. The van der Waals surface area contributed by atoms with E-state index < -0.39 is 0 Å². The number of benzene rings is 4. The van der Waals surface area contributed by atoms with Crippen molar-refractivity contribution in [1.82, 2.24) is 14.9 Å². The highest BCUT2D eigenvalue weighted by Gasteiger charge is 2.31. The summed E-state index contributed by atoms with van der Waals surface area (Å²) in [5.74, 6) is 0.362. The second-order valence-electron chi connectivity index (χ2n) is 10.8. The molecule has 9 rings (SSSR count). The molecular weight excluding hydrogens is 474 g/mol. The fraction of sp³-hybridized carbons (Fsp3) is 0.0833. The lowest BCUT2D eigenvalue weighted by atomic mass is 9.79. The van der Waals surface area contributed by atoms with Crippen molar-refractivity contribution >= 4 is 33.5 Å². The number of fused-ring (bicyclic) bond motifs is 7. The van der Waals surface area contributed by atoms with Crippen LogP contribution in [0.2, 0.25) is 0 Å². The molecule has 3 aliphatic rings. The second kappa shape index (κ2) is 7.81. The van der Waals surface area contributed by atoms with Crippen LogP contribution in [0.5, 0.6) is 0 Å². The van der Waals surface area contributed by atoms with E-state index in [2.05, 4.69) is 118 Å². The van der Waals surface area contributed by atoms with Gasteiger partial charge in [0.05, 0.1) is 16.7 Å². The summed E-state index contributed by atoms with van der Waals surface area (Å²) in [7, 11) is 0. The first kappa shape index (κ1) is 21.1. The van der Waals surface area contributed by atoms with E-state index in [9.17, 15) is 0 Å². The SMILES string of the molecule is C1=Cc2c(c3cc4ncccc4cc3n2-c2ccc(C3CC=C4c5ccccc5-c5cccc3c54)cc2)CN1. The molecule has 0 spiro atoms. The van der Waals surface area contributed by atoms with E-state index in [4.69, 9.17) is 0 Å². The first-order chi connectivity index (χ1) is 19.3. The molecule has 2 aliphatic carbocycles. The summed E-state index contributed by atoms with van der Waals surface area (Å²) in [5.41, 5.74) is 15.8. The summed E-state index contributed by atoms with van der Waals surface area (Å²) in [6, 6.07) is 33.7. The van der Waals surface area contributed by atoms with E-state index >= 15 is 0 Å². The predicted octanol–water partition coefficient (Wildman–Crippen LogP) is 8.20. The molecule has 184 valence electrons. The van der Waals surface area contributed by atoms with Gasteiger partial charge >= 0.3 is 0 Å². The molecule has 0 bridgehead atoms. The summed E-state index contributed by atoms with van der Waals surface area (Å²) in [6.45, 7) is 0.823. The van der Waals surface area contributed by atoms with Gasteiger partial charge in [0.15, 0.2) is 0 Å². The highest BCUT2D eigenvalue weighted by atomic mass is 15.0. The zero-order valence-electron chi connectivity index (χ0n) is 21.4. The van der Waals surface area contributed by atoms with Gasteiger partial charge in [-0.2, -0.15) is 0 Å². The number of aromatic nitrogens is 2. The third kappa shape index (κ3) is 2.90. The molecule has 0 radical (unpaired) electrons. The van der Waals surface area contributed by atoms with Crippen LogP contribution in [-0.4, -0.2) is 9.55 Å². The maximum atomic E-state index is 4.62. The predicted molar refractivity (Wildman–Crippen MR) is 160 cm³/mol. The van der Waals surface area contributed by atoms with Crippen LogP contribution < -0.4 is 5.32 Å². The van der Waals surface area contributed by atoms with Crippen LogP contribution in [0.15, 0.2) is 109 Å². The van der Waals surface area contributed by atoms with E-state index in [0.717, 1.165) is 18.5 Å². The standard InChI is InChI=1S/C36H25N3/c1-2-7-27-26(6-1)29-9-3-8-28-25(14-15-30(27)36(28)29)22-10-12-24(13-11-22)39-34-16-18-37-21-32(34)31-20-33-23(19-35(31)39)5-4-17-38-33/h1-13,15-20,25,37H,14,21H2. The van der Waals surface area contributed by atoms with Gasteiger partial charge in [0.1, 0.15) is 0 Å². The van der Waals surface area contributed by atoms with Crippen molar-refractivity contribution in [3.8, 4) is 16.8 Å². The van der Waals surface area contributed by atoms with Crippen molar-refractivity contribution in [3.63, 3.8) is 0 Å². The normalized spacial score (nSPS) is 16.5. The minimum atomic E-state index is 0.362. The largest absolute Gasteiger partial charge is 0.387 e. The Morgan fingerprint density at radius 3 is 2.62 bits per heavy atom. The highest BCUT2D eigenvalue weighted by molar-refractivity contribution is 6.03. The number of nitrogens with zero attached hydrogens (tertiary/aromatic N) is 2. The first-order valence-electron chi connectivity index (χ1n) is 13.7. The number of pyridine rings is 1. The van der Waals surface area contributed by atoms with Crippen LogP contribution in [0, 0.1) is 0 Å². The lowest BCUT2D eigenvalue weighted by Crippen LogP contribution is -2.11. The van der Waals surface area contributed by atoms with Gasteiger partial charge in [-0.1, -0.05) is 66.7 Å². The summed E-state index contributed by atoms with van der Waals surface area (Å²) >= 11 is 0. The molecule has 2 aromatic heterocycles. The Bertz CT molecular complexity index is 2040. The molecule has 6 aromatic rings. The van der Waals surface area contributed by atoms with Crippen LogP contribution in [0.4, 0.5) is 0 Å². The van der Waals surface area contributed by atoms with E-state index in [1.165, 1.54) is 72.2 Å². The Hall–Kier alpha value is -4.89. The van der Waals surface area contributed by atoms with Crippen LogP contribution in [0.25, 0.3) is 50.3 Å². The van der Waals surface area contributed by atoms with Crippen LogP contribution in [-0.2, 0) is 6.54 Å². The maximum absolute atomic E-state index is 4.62. The van der Waals surface area contributed by atoms with Gasteiger partial charge in [0.2, 0.25) is 0 Å². The molecule has 1 N–H and O–H groups in total. The monoisotopic (exact) mass is 499 g/mol. The van der Waals surface area contributed by atoms with Gasteiger partial charge in [-0.25, -0.2) is 0 Å². The molecule has 3 nitrogen and oxygen atoms in total. The summed E-state index contributed by atoms with van der Waals surface area (Å²) < 4.78 is 2.41. The highest BCUT2D eigenvalue weighted by Crippen LogP contribution is 2.51. The lowest BCUT2D eigenvalue weighted by Gasteiger charge is -2.25. The Balaban J connectivity index is 1.17. The van der Waals surface area contributed by atoms with E-state index in [0.29, 0.717) is 5.92 Å². The average Bonchev–Trinajstić information content (AvgIpc) is 3.50. The molecule has 1 unspecified atom stereocenters. The number of allylic oxidation sites excluding steroid dienone is 1. The van der Waals surface area contributed by atoms with E-state index in [-0.39, 0.29) is 0 Å². The molecule has 0 amide bonds. The minimum Gasteiger partial charge on any atom is -0.387 e. The van der Waals surface area contributed by atoms with Gasteiger partial charge in [-0.15, -0.1) is 0 Å². The van der Waals surface area contributed by atoms with Crippen molar-refractivity contribution in [2.45, 2.75) is 18.9 Å². The maximum Gasteiger partial charge on any atom is 0.0709 e. The number of hydrogen-bond acceptors (Lipinski definition) is 2. The fourth-order valence-electron chi connectivity index (χ4n) is 7.09. The molecule has 0 saturated carbocycles. The Labute approximate surface area is 226 Å². The molecule has 0 saturated heterocycles. The Morgan fingerprint density at radius 1 is 0.821 bits per heavy atom. The third-order valence-corrected chi connectivity index (χ3v) is 8.83. The zero-order chi connectivity index (χ0) is 25.5. The lowest BCUT2D eigenvalue weighted by molar-refractivity contribution is 0.816. The molecule has 4 aromatic carbocycles. The number of hydrogen-bond donors (Lipinski definition) is 1. The van der Waals surface area contributed by atoms with Crippen molar-refractivity contribution < 1.29 is 0 Å². The summed E-state index contributed by atoms with van der Waals surface area (Å²) in [4.78, 5) is 4.62. The van der Waals surface area contributed by atoms with Crippen LogP contribution in [0.1, 0.15) is 45.8 Å². The molecule has 3 heterocycles. The van der Waals surface area contributed by atoms with Crippen molar-refractivity contribution in [1.29, 1.82) is 0 Å². The molecular formula is C36H25N3. The van der Waals surface area contributed by atoms with Crippen molar-refractivity contribution in [2.24, 2.45) is 0 Å². The molecule has 1 aliphatic heterocycles. The van der Waals surface area contributed by atoms with E-state index in [1.807, 2.05) is 12.3 Å². The Morgan fingerprint density at radius 2 is 1.69 bits per heavy atom. The van der Waals surface area contributed by atoms with Crippen molar-refractivity contribution in [2.75, 3.05) is 0 Å². The smallest absolute Gasteiger partial charge is 0.0709 e. The molecule has 1 atom stereocenters. The topological polar surface area (TPSA) is 29.9 Å².